The number of hydrogen-bond acceptors (Lipinski definition) is 2. The van der Waals surface area contributed by atoms with E-state index in [0.717, 1.165) is 25.7 Å². The fraction of sp³-hybridized carbons (Fsp3) is 0.833. The standard InChI is InChI=1S/2C18H34O2.Ca/c2*1-2-3-4-5-6-7-8-9-10-11-12-13-14-15-16-17-18(19)20;/h2*9-10H,2-8,11-17H2,1H3,(H,19,20);/b2*10-9-;. The van der Waals surface area contributed by atoms with Crippen LogP contribution in [0.1, 0.15) is 194 Å². The van der Waals surface area contributed by atoms with Crippen molar-refractivity contribution in [2.45, 2.75) is 194 Å². The van der Waals surface area contributed by atoms with Crippen LogP contribution in [0.4, 0.5) is 0 Å². The zero-order valence-corrected chi connectivity index (χ0v) is 29.7. The third-order valence-corrected chi connectivity index (χ3v) is 7.30. The monoisotopic (exact) mass is 604 g/mol. The summed E-state index contributed by atoms with van der Waals surface area (Å²) in [7, 11) is 0. The molecular weight excluding hydrogens is 536 g/mol. The van der Waals surface area contributed by atoms with Gasteiger partial charge in [0.05, 0.1) is 0 Å². The van der Waals surface area contributed by atoms with Crippen molar-refractivity contribution in [2.75, 3.05) is 0 Å². The third kappa shape index (κ3) is 49.7. The molecule has 5 heteroatoms. The minimum atomic E-state index is -0.664. The van der Waals surface area contributed by atoms with Gasteiger partial charge in [-0.3, -0.25) is 9.59 Å². The molecule has 41 heavy (non-hydrogen) atoms. The fourth-order valence-electron chi connectivity index (χ4n) is 4.69. The molecule has 0 heterocycles. The first-order valence-electron chi connectivity index (χ1n) is 17.3. The summed E-state index contributed by atoms with van der Waals surface area (Å²) < 4.78 is 0. The van der Waals surface area contributed by atoms with Gasteiger partial charge >= 0.3 is 11.9 Å². The SMILES string of the molecule is CCCCCCCC/C=C\CCCCCCCC(=O)O.CCCCCCCC/C=C\CCCCCCCC(=O)O.[Ca]. The predicted octanol–water partition coefficient (Wildman–Crippen LogP) is 11.8. The summed E-state index contributed by atoms with van der Waals surface area (Å²) in [5.41, 5.74) is 0. The molecule has 0 aromatic carbocycles. The Morgan fingerprint density at radius 1 is 0.390 bits per heavy atom. The number of carboxylic acids is 2. The second-order valence-corrected chi connectivity index (χ2v) is 11.5. The van der Waals surface area contributed by atoms with Crippen LogP contribution in [0.5, 0.6) is 0 Å². The van der Waals surface area contributed by atoms with Gasteiger partial charge in [0, 0.05) is 50.6 Å². The van der Waals surface area contributed by atoms with Crippen molar-refractivity contribution in [1.29, 1.82) is 0 Å². The van der Waals surface area contributed by atoms with Crippen LogP contribution >= 0.6 is 0 Å². The van der Waals surface area contributed by atoms with E-state index in [-0.39, 0.29) is 37.7 Å². The van der Waals surface area contributed by atoms with E-state index < -0.39 is 11.9 Å². The Hall–Kier alpha value is -0.320. The Morgan fingerprint density at radius 2 is 0.610 bits per heavy atom. The second kappa shape index (κ2) is 41.8. The molecule has 2 N–H and O–H groups in total. The minimum Gasteiger partial charge on any atom is -0.481 e. The molecule has 0 atom stereocenters. The first-order valence-corrected chi connectivity index (χ1v) is 17.3. The molecule has 0 fully saturated rings. The van der Waals surface area contributed by atoms with Crippen molar-refractivity contribution >= 4 is 49.7 Å². The van der Waals surface area contributed by atoms with E-state index >= 15 is 0 Å². The summed E-state index contributed by atoms with van der Waals surface area (Å²) in [5.74, 6) is -1.33. The van der Waals surface area contributed by atoms with Gasteiger partial charge < -0.3 is 10.2 Å². The van der Waals surface area contributed by atoms with Crippen molar-refractivity contribution in [1.82, 2.24) is 0 Å². The van der Waals surface area contributed by atoms with Gasteiger partial charge in [0.25, 0.3) is 0 Å². The van der Waals surface area contributed by atoms with Crippen molar-refractivity contribution in [3.63, 3.8) is 0 Å². The number of hydrogen-bond donors (Lipinski definition) is 2. The minimum absolute atomic E-state index is 0. The average Bonchev–Trinajstić information content (AvgIpc) is 2.93. The second-order valence-electron chi connectivity index (χ2n) is 11.5. The zero-order chi connectivity index (χ0) is 29.8. The quantitative estimate of drug-likeness (QED) is 0.0486. The maximum atomic E-state index is 10.3. The van der Waals surface area contributed by atoms with Crippen molar-refractivity contribution in [2.24, 2.45) is 0 Å². The van der Waals surface area contributed by atoms with Gasteiger partial charge in [-0.25, -0.2) is 0 Å². The molecule has 4 nitrogen and oxygen atoms in total. The molecule has 0 rings (SSSR count). The maximum absolute atomic E-state index is 10.3. The van der Waals surface area contributed by atoms with Gasteiger partial charge in [-0.1, -0.05) is 141 Å². The zero-order valence-electron chi connectivity index (χ0n) is 27.5. The first-order chi connectivity index (χ1) is 19.5. The van der Waals surface area contributed by atoms with E-state index in [1.165, 1.54) is 141 Å². The maximum Gasteiger partial charge on any atom is 0.303 e. The molecule has 0 aromatic heterocycles. The summed E-state index contributed by atoms with van der Waals surface area (Å²) in [6.07, 6.45) is 42.5. The van der Waals surface area contributed by atoms with Crippen molar-refractivity contribution in [3.8, 4) is 0 Å². The molecule has 2 radical (unpaired) electrons. The molecule has 0 aliphatic carbocycles. The number of aliphatic carboxylic acids is 2. The molecule has 0 aliphatic rings. The molecule has 0 aliphatic heterocycles. The van der Waals surface area contributed by atoms with Crippen LogP contribution in [0.2, 0.25) is 0 Å². The van der Waals surface area contributed by atoms with Crippen molar-refractivity contribution in [3.05, 3.63) is 24.3 Å². The van der Waals surface area contributed by atoms with Crippen LogP contribution in [0.3, 0.4) is 0 Å². The summed E-state index contributed by atoms with van der Waals surface area (Å²) >= 11 is 0. The summed E-state index contributed by atoms with van der Waals surface area (Å²) in [5, 5.41) is 17.0. The molecule has 0 bridgehead atoms. The Morgan fingerprint density at radius 3 is 0.854 bits per heavy atom. The van der Waals surface area contributed by atoms with Crippen LogP contribution in [0.15, 0.2) is 24.3 Å². The number of carbonyl (C=O) groups is 2. The van der Waals surface area contributed by atoms with Gasteiger partial charge in [0.15, 0.2) is 0 Å². The van der Waals surface area contributed by atoms with Gasteiger partial charge in [-0.2, -0.15) is 0 Å². The number of rotatable bonds is 30. The molecular formula is C36H68CaO4. The van der Waals surface area contributed by atoms with E-state index in [1.54, 1.807) is 0 Å². The van der Waals surface area contributed by atoms with E-state index in [2.05, 4.69) is 38.2 Å². The molecule has 0 aromatic rings. The molecule has 0 spiro atoms. The van der Waals surface area contributed by atoms with Crippen LogP contribution < -0.4 is 0 Å². The van der Waals surface area contributed by atoms with Gasteiger partial charge in [-0.05, 0) is 64.2 Å². The van der Waals surface area contributed by atoms with Crippen molar-refractivity contribution < 1.29 is 19.8 Å². The van der Waals surface area contributed by atoms with E-state index in [4.69, 9.17) is 10.2 Å². The Balaban J connectivity index is -0.000000688. The molecule has 238 valence electrons. The molecule has 0 saturated heterocycles. The van der Waals surface area contributed by atoms with E-state index in [0.29, 0.717) is 12.8 Å². The van der Waals surface area contributed by atoms with Crippen LogP contribution in [-0.4, -0.2) is 59.9 Å². The number of unbranched alkanes of at least 4 members (excludes halogenated alkanes) is 22. The largest absolute Gasteiger partial charge is 0.481 e. The number of carboxylic acid groups (broad SMARTS) is 2. The van der Waals surface area contributed by atoms with E-state index in [9.17, 15) is 9.59 Å². The normalized spacial score (nSPS) is 11.0. The topological polar surface area (TPSA) is 74.6 Å². The third-order valence-electron chi connectivity index (χ3n) is 7.30. The van der Waals surface area contributed by atoms with Crippen LogP contribution in [-0.2, 0) is 9.59 Å². The first kappa shape index (κ1) is 45.1. The number of allylic oxidation sites excluding steroid dienone is 4. The summed E-state index contributed by atoms with van der Waals surface area (Å²) in [6.45, 7) is 4.52. The Bertz CT molecular complexity index is 524. The smallest absolute Gasteiger partial charge is 0.303 e. The summed E-state index contributed by atoms with van der Waals surface area (Å²) in [4.78, 5) is 20.6. The van der Waals surface area contributed by atoms with Crippen LogP contribution in [0, 0.1) is 0 Å². The van der Waals surface area contributed by atoms with Gasteiger partial charge in [-0.15, -0.1) is 0 Å². The fourth-order valence-corrected chi connectivity index (χ4v) is 4.69. The Labute approximate surface area is 285 Å². The van der Waals surface area contributed by atoms with Gasteiger partial charge in [0.1, 0.15) is 0 Å². The molecule has 0 unspecified atom stereocenters. The Kier molecular flexibility index (Phi) is 46.0. The van der Waals surface area contributed by atoms with E-state index in [1.807, 2.05) is 0 Å². The van der Waals surface area contributed by atoms with Crippen LogP contribution in [0.25, 0.3) is 0 Å². The molecule has 0 amide bonds. The van der Waals surface area contributed by atoms with Gasteiger partial charge in [0.2, 0.25) is 0 Å². The average molecular weight is 605 g/mol. The molecule has 0 saturated carbocycles. The summed E-state index contributed by atoms with van der Waals surface area (Å²) in [6, 6.07) is 0. The predicted molar refractivity (Wildman–Crippen MR) is 180 cm³/mol.